The van der Waals surface area contributed by atoms with Crippen LogP contribution in [-0.4, -0.2) is 30.5 Å². The standard InChI is InChI=1S/C20H26N2O4.BrH/c1-3-26-20(24)11-6-4-5-10-19-21-12-13-22(19)15-18(23)16-8-7-9-17(14-16)25-2;/h7-9,12-14H,3-6,10-11,15H2,1-2H3;1H. The Bertz CT molecular complexity index is 730. The average Bonchev–Trinajstić information content (AvgIpc) is 3.08. The van der Waals surface area contributed by atoms with Crippen molar-refractivity contribution in [2.75, 3.05) is 13.7 Å². The Morgan fingerprint density at radius 2 is 2.00 bits per heavy atom. The number of ketones is 1. The molecule has 0 radical (unpaired) electrons. The van der Waals surface area contributed by atoms with Crippen molar-refractivity contribution in [3.05, 3.63) is 48.0 Å². The molecule has 0 amide bonds. The number of nitrogens with one attached hydrogen (secondary N) is 1. The normalized spacial score (nSPS) is 10.1. The molecular weight excluding hydrogens is 412 g/mol. The minimum absolute atomic E-state index is 0. The minimum atomic E-state index is -0.133. The van der Waals surface area contributed by atoms with Gasteiger partial charge in [0, 0.05) is 18.4 Å². The molecule has 2 rings (SSSR count). The zero-order valence-electron chi connectivity index (χ0n) is 15.9. The summed E-state index contributed by atoms with van der Waals surface area (Å²) in [6, 6.07) is 7.19. The highest BCUT2D eigenvalue weighted by atomic mass is 79.9. The molecule has 2 aromatic rings. The SMILES string of the molecule is CCOC(=O)CCCCCc1[nH]cc[n+]1CC(=O)c1cccc(OC)c1.[Br-]. The number of halogens is 1. The molecule has 0 saturated heterocycles. The van der Waals surface area contributed by atoms with Gasteiger partial charge in [0.2, 0.25) is 5.78 Å². The maximum absolute atomic E-state index is 12.5. The van der Waals surface area contributed by atoms with E-state index in [-0.39, 0.29) is 35.3 Å². The highest BCUT2D eigenvalue weighted by Gasteiger charge is 2.16. The number of imidazole rings is 1. The van der Waals surface area contributed by atoms with E-state index in [0.29, 0.717) is 24.3 Å². The summed E-state index contributed by atoms with van der Waals surface area (Å²) in [5.74, 6) is 1.59. The molecule has 0 aliphatic heterocycles. The summed E-state index contributed by atoms with van der Waals surface area (Å²) in [7, 11) is 1.59. The van der Waals surface area contributed by atoms with Crippen LogP contribution in [0.3, 0.4) is 0 Å². The Hall–Kier alpha value is -2.15. The lowest BCUT2D eigenvalue weighted by molar-refractivity contribution is -0.689. The number of unbranched alkanes of at least 4 members (excludes halogenated alkanes) is 2. The number of hydrogen-bond donors (Lipinski definition) is 1. The Morgan fingerprint density at radius 3 is 2.74 bits per heavy atom. The fourth-order valence-electron chi connectivity index (χ4n) is 2.77. The molecule has 1 N–H and O–H groups in total. The molecule has 0 saturated carbocycles. The average molecular weight is 439 g/mol. The van der Waals surface area contributed by atoms with Crippen molar-refractivity contribution >= 4 is 11.8 Å². The van der Waals surface area contributed by atoms with E-state index in [9.17, 15) is 9.59 Å². The maximum Gasteiger partial charge on any atom is 0.305 e. The fourth-order valence-corrected chi connectivity index (χ4v) is 2.77. The molecule has 7 heteroatoms. The number of ether oxygens (including phenoxy) is 2. The van der Waals surface area contributed by atoms with E-state index in [1.165, 1.54) is 0 Å². The van der Waals surface area contributed by atoms with E-state index in [0.717, 1.165) is 31.5 Å². The third kappa shape index (κ3) is 7.54. The van der Waals surface area contributed by atoms with Gasteiger partial charge in [-0.3, -0.25) is 9.59 Å². The minimum Gasteiger partial charge on any atom is -1.00 e. The van der Waals surface area contributed by atoms with Gasteiger partial charge in [-0.05, 0) is 31.9 Å². The number of aromatic nitrogens is 2. The number of benzene rings is 1. The smallest absolute Gasteiger partial charge is 0.305 e. The van der Waals surface area contributed by atoms with Crippen molar-refractivity contribution in [2.45, 2.75) is 45.6 Å². The van der Waals surface area contributed by atoms with Crippen molar-refractivity contribution in [3.8, 4) is 5.75 Å². The molecular formula is C20H27BrN2O4. The van der Waals surface area contributed by atoms with E-state index in [1.807, 2.05) is 36.0 Å². The van der Waals surface area contributed by atoms with Crippen LogP contribution >= 0.6 is 0 Å². The van der Waals surface area contributed by atoms with Gasteiger partial charge in [0.15, 0.2) is 6.54 Å². The predicted octanol–water partition coefficient (Wildman–Crippen LogP) is -0.136. The van der Waals surface area contributed by atoms with E-state index in [1.54, 1.807) is 19.2 Å². The summed E-state index contributed by atoms with van der Waals surface area (Å²) in [5.41, 5.74) is 0.637. The summed E-state index contributed by atoms with van der Waals surface area (Å²) in [5, 5.41) is 0. The number of carbonyl (C=O) groups excluding carboxylic acids is 2. The predicted molar refractivity (Wildman–Crippen MR) is 97.1 cm³/mol. The van der Waals surface area contributed by atoms with Crippen molar-refractivity contribution in [1.29, 1.82) is 0 Å². The molecule has 0 spiro atoms. The number of aryl methyl sites for hydroxylation is 1. The first-order chi connectivity index (χ1) is 12.6. The van der Waals surface area contributed by atoms with Gasteiger partial charge in [0.1, 0.15) is 18.1 Å². The number of hydrogen-bond acceptors (Lipinski definition) is 4. The molecule has 0 atom stereocenters. The van der Waals surface area contributed by atoms with Crippen LogP contribution in [0.4, 0.5) is 0 Å². The molecule has 0 aliphatic rings. The van der Waals surface area contributed by atoms with Crippen LogP contribution < -0.4 is 26.3 Å². The van der Waals surface area contributed by atoms with Crippen molar-refractivity contribution < 1.29 is 40.6 Å². The number of rotatable bonds is 11. The third-order valence-electron chi connectivity index (χ3n) is 4.16. The Labute approximate surface area is 170 Å². The van der Waals surface area contributed by atoms with Gasteiger partial charge in [-0.15, -0.1) is 0 Å². The summed E-state index contributed by atoms with van der Waals surface area (Å²) in [6.45, 7) is 2.53. The Kier molecular flexibility index (Phi) is 10.4. The number of H-pyrrole nitrogens is 1. The monoisotopic (exact) mass is 438 g/mol. The number of methoxy groups -OCH3 is 1. The molecule has 27 heavy (non-hydrogen) atoms. The first kappa shape index (κ1) is 22.9. The van der Waals surface area contributed by atoms with Crippen molar-refractivity contribution in [3.63, 3.8) is 0 Å². The third-order valence-corrected chi connectivity index (χ3v) is 4.16. The van der Waals surface area contributed by atoms with Gasteiger partial charge < -0.3 is 26.5 Å². The van der Waals surface area contributed by atoms with Crippen molar-refractivity contribution in [1.82, 2.24) is 4.98 Å². The lowest BCUT2D eigenvalue weighted by Crippen LogP contribution is -3.00. The van der Waals surface area contributed by atoms with Gasteiger partial charge in [0.05, 0.1) is 13.7 Å². The zero-order chi connectivity index (χ0) is 18.8. The van der Waals surface area contributed by atoms with E-state index < -0.39 is 0 Å². The first-order valence-electron chi connectivity index (χ1n) is 9.02. The number of carbonyl (C=O) groups is 2. The molecule has 0 aliphatic carbocycles. The van der Waals surface area contributed by atoms with Crippen LogP contribution in [0.2, 0.25) is 0 Å². The number of aromatic amines is 1. The molecule has 0 fully saturated rings. The van der Waals surface area contributed by atoms with Crippen LogP contribution in [0.25, 0.3) is 0 Å². The lowest BCUT2D eigenvalue weighted by atomic mass is 10.1. The summed E-state index contributed by atoms with van der Waals surface area (Å²) < 4.78 is 12.0. The van der Waals surface area contributed by atoms with Crippen LogP contribution in [0, 0.1) is 0 Å². The first-order valence-corrected chi connectivity index (χ1v) is 9.02. The largest absolute Gasteiger partial charge is 1.00 e. The molecule has 6 nitrogen and oxygen atoms in total. The highest BCUT2D eigenvalue weighted by Crippen LogP contribution is 2.13. The van der Waals surface area contributed by atoms with Gasteiger partial charge >= 0.3 is 5.97 Å². The summed E-state index contributed by atoms with van der Waals surface area (Å²) in [4.78, 5) is 27.0. The summed E-state index contributed by atoms with van der Waals surface area (Å²) >= 11 is 0. The van der Waals surface area contributed by atoms with Crippen LogP contribution in [0.1, 0.15) is 48.8 Å². The quantitative estimate of drug-likeness (QED) is 0.229. The molecule has 1 aromatic carbocycles. The second-order valence-electron chi connectivity index (χ2n) is 6.06. The number of esters is 1. The second kappa shape index (κ2) is 12.3. The van der Waals surface area contributed by atoms with Gasteiger partial charge in [0.25, 0.3) is 5.82 Å². The Morgan fingerprint density at radius 1 is 1.19 bits per heavy atom. The molecule has 0 bridgehead atoms. The molecule has 148 valence electrons. The van der Waals surface area contributed by atoms with Gasteiger partial charge in [-0.1, -0.05) is 18.6 Å². The fraction of sp³-hybridized carbons (Fsp3) is 0.450. The Balaban J connectivity index is 0.00000364. The van der Waals surface area contributed by atoms with Crippen LogP contribution in [-0.2, 0) is 22.5 Å². The number of Topliss-reactive ketones (excluding diaryl/α,β-unsaturated/α-hetero) is 1. The highest BCUT2D eigenvalue weighted by molar-refractivity contribution is 5.95. The van der Waals surface area contributed by atoms with Crippen molar-refractivity contribution in [2.24, 2.45) is 0 Å². The van der Waals surface area contributed by atoms with E-state index in [4.69, 9.17) is 9.47 Å². The van der Waals surface area contributed by atoms with Gasteiger partial charge in [-0.25, -0.2) is 9.55 Å². The topological polar surface area (TPSA) is 72.3 Å². The lowest BCUT2D eigenvalue weighted by Gasteiger charge is -2.04. The van der Waals surface area contributed by atoms with Gasteiger partial charge in [-0.2, -0.15) is 0 Å². The zero-order valence-corrected chi connectivity index (χ0v) is 17.5. The van der Waals surface area contributed by atoms with Crippen LogP contribution in [0.5, 0.6) is 5.75 Å². The number of nitrogens with zero attached hydrogens (tertiary/aromatic N) is 1. The molecule has 1 aromatic heterocycles. The van der Waals surface area contributed by atoms with E-state index in [2.05, 4.69) is 4.98 Å². The summed E-state index contributed by atoms with van der Waals surface area (Å²) in [6.07, 6.45) is 7.74. The second-order valence-corrected chi connectivity index (χ2v) is 6.06. The molecule has 1 heterocycles. The molecule has 0 unspecified atom stereocenters. The maximum atomic E-state index is 12.5. The van der Waals surface area contributed by atoms with Crippen LogP contribution in [0.15, 0.2) is 36.7 Å². The van der Waals surface area contributed by atoms with E-state index >= 15 is 0 Å².